The van der Waals surface area contributed by atoms with E-state index < -0.39 is 95.7 Å². The molecule has 0 spiro atoms. The van der Waals surface area contributed by atoms with Crippen molar-refractivity contribution < 1.29 is 53.4 Å². The van der Waals surface area contributed by atoms with Gasteiger partial charge in [0.25, 0.3) is 0 Å². The summed E-state index contributed by atoms with van der Waals surface area (Å²) >= 11 is 0. The maximum atomic E-state index is 13.6. The van der Waals surface area contributed by atoms with Crippen LogP contribution in [0.5, 0.6) is 17.2 Å². The van der Waals surface area contributed by atoms with Gasteiger partial charge in [-0.15, -0.1) is 0 Å². The molecule has 5 rings (SSSR count). The van der Waals surface area contributed by atoms with Gasteiger partial charge in [-0.3, -0.25) is 14.4 Å². The van der Waals surface area contributed by atoms with E-state index in [1.165, 1.54) is 25.3 Å². The molecule has 0 radical (unpaired) electrons. The van der Waals surface area contributed by atoms with Crippen molar-refractivity contribution in [3.63, 3.8) is 0 Å². The van der Waals surface area contributed by atoms with Crippen LogP contribution >= 0.6 is 0 Å². The van der Waals surface area contributed by atoms with Crippen LogP contribution in [0.25, 0.3) is 0 Å². The van der Waals surface area contributed by atoms with Gasteiger partial charge in [0.1, 0.15) is 35.6 Å². The van der Waals surface area contributed by atoms with Crippen molar-refractivity contribution in [1.29, 1.82) is 0 Å². The molecule has 0 bridgehead atoms. The number of methoxy groups -OCH3 is 1. The predicted octanol–water partition coefficient (Wildman–Crippen LogP) is 0.978. The third kappa shape index (κ3) is 4.10. The third-order valence-electron chi connectivity index (χ3n) is 7.81. The summed E-state index contributed by atoms with van der Waals surface area (Å²) in [4.78, 5) is 39.6. The molecular weight excluding hydrogens is 517 g/mol. The summed E-state index contributed by atoms with van der Waals surface area (Å²) in [6, 6.07) is 3.43. The van der Waals surface area contributed by atoms with E-state index in [1.54, 1.807) is 0 Å². The molecule has 0 aromatic heterocycles. The molecule has 3 aliphatic rings. The lowest BCUT2D eigenvalue weighted by Gasteiger charge is -2.42. The normalized spacial score (nSPS) is 29.8. The summed E-state index contributed by atoms with van der Waals surface area (Å²) in [7, 11) is 1.32. The zero-order valence-electron chi connectivity index (χ0n) is 21.1. The van der Waals surface area contributed by atoms with E-state index in [4.69, 9.17) is 19.9 Å². The number of halogens is 1. The highest BCUT2D eigenvalue weighted by Gasteiger charge is 2.49. The van der Waals surface area contributed by atoms with Gasteiger partial charge in [-0.05, 0) is 13.0 Å². The van der Waals surface area contributed by atoms with Crippen molar-refractivity contribution in [3.05, 3.63) is 51.6 Å². The Hall–Kier alpha value is -3.42. The first-order chi connectivity index (χ1) is 18.4. The first kappa shape index (κ1) is 27.2. The van der Waals surface area contributed by atoms with Gasteiger partial charge in [-0.25, -0.2) is 4.39 Å². The number of nitrogens with two attached hydrogens (primary N) is 1. The minimum Gasteiger partial charge on any atom is -0.507 e. The van der Waals surface area contributed by atoms with Gasteiger partial charge >= 0.3 is 0 Å². The molecule has 2 aromatic rings. The SMILES string of the molecule is COc1cccc2c1C(=O)c1c(O)c3c(c(O)c1C2=O)C[C@@](O)(C(C)=O)CC3OC1CC(N)C(O)C(CF)O1. The number of ketones is 3. The molecule has 39 heavy (non-hydrogen) atoms. The van der Waals surface area contributed by atoms with E-state index in [1.807, 2.05) is 0 Å². The zero-order chi connectivity index (χ0) is 28.4. The van der Waals surface area contributed by atoms with Crippen molar-refractivity contribution in [2.45, 2.75) is 62.4 Å². The molecule has 208 valence electrons. The van der Waals surface area contributed by atoms with Gasteiger partial charge in [0.05, 0.1) is 36.0 Å². The van der Waals surface area contributed by atoms with Crippen LogP contribution in [0.1, 0.15) is 68.8 Å². The molecule has 1 saturated heterocycles. The minimum absolute atomic E-state index is 0.0487. The van der Waals surface area contributed by atoms with Crippen molar-refractivity contribution in [2.75, 3.05) is 13.8 Å². The standard InChI is InChI=1S/C27H28FNO10/c1-10(30)27(36)7-12-19(15(8-27)38-17-6-13(29)24(33)16(9-28)39-17)26(35)21-20(23(12)32)22(31)11-4-3-5-14(37-2)18(11)25(21)34/h3-5,13,15-17,24,32-33,35-36H,6-9,29H2,1-2H3/t13?,15?,16?,17?,24?,27-/m0/s1. The van der Waals surface area contributed by atoms with E-state index >= 15 is 0 Å². The number of ether oxygens (including phenoxy) is 3. The number of alkyl halides is 1. The van der Waals surface area contributed by atoms with E-state index in [0.717, 1.165) is 6.92 Å². The summed E-state index contributed by atoms with van der Waals surface area (Å²) < 4.78 is 30.2. The summed E-state index contributed by atoms with van der Waals surface area (Å²) in [5.41, 5.74) is 2.47. The highest BCUT2D eigenvalue weighted by atomic mass is 19.1. The highest BCUT2D eigenvalue weighted by molar-refractivity contribution is 6.31. The molecule has 1 fully saturated rings. The lowest BCUT2D eigenvalue weighted by atomic mass is 9.72. The summed E-state index contributed by atoms with van der Waals surface area (Å²) in [5.74, 6) is -3.48. The third-order valence-corrected chi connectivity index (χ3v) is 7.81. The molecule has 6 atom stereocenters. The summed E-state index contributed by atoms with van der Waals surface area (Å²) in [6.45, 7) is 0.0713. The minimum atomic E-state index is -2.07. The van der Waals surface area contributed by atoms with Crippen LogP contribution in [0.2, 0.25) is 0 Å². The van der Waals surface area contributed by atoms with E-state index in [-0.39, 0.29) is 34.4 Å². The molecule has 5 unspecified atom stereocenters. The van der Waals surface area contributed by atoms with Crippen molar-refractivity contribution in [3.8, 4) is 17.2 Å². The number of phenols is 2. The molecule has 11 nitrogen and oxygen atoms in total. The number of benzene rings is 2. The van der Waals surface area contributed by atoms with Crippen LogP contribution in [0, 0.1) is 0 Å². The van der Waals surface area contributed by atoms with E-state index in [9.17, 15) is 39.2 Å². The van der Waals surface area contributed by atoms with Gasteiger partial charge in [-0.1, -0.05) is 12.1 Å². The predicted molar refractivity (Wildman–Crippen MR) is 131 cm³/mol. The molecule has 6 N–H and O–H groups in total. The van der Waals surface area contributed by atoms with Crippen molar-refractivity contribution in [2.24, 2.45) is 5.73 Å². The number of carbonyl (C=O) groups excluding carboxylic acids is 3. The van der Waals surface area contributed by atoms with Gasteiger partial charge in [0.2, 0.25) is 5.78 Å². The number of aliphatic hydroxyl groups is 2. The summed E-state index contributed by atoms with van der Waals surface area (Å²) in [6.07, 6.45) is -6.18. The van der Waals surface area contributed by atoms with Gasteiger partial charge < -0.3 is 40.4 Å². The Balaban J connectivity index is 1.67. The lowest BCUT2D eigenvalue weighted by molar-refractivity contribution is -0.253. The Morgan fingerprint density at radius 2 is 1.87 bits per heavy atom. The van der Waals surface area contributed by atoms with Gasteiger partial charge in [-0.2, -0.15) is 0 Å². The zero-order valence-corrected chi connectivity index (χ0v) is 21.1. The van der Waals surface area contributed by atoms with Crippen molar-refractivity contribution >= 4 is 17.3 Å². The van der Waals surface area contributed by atoms with Crippen LogP contribution < -0.4 is 10.5 Å². The Bertz CT molecular complexity index is 1390. The lowest BCUT2D eigenvalue weighted by Crippen LogP contribution is -2.54. The number of hydrogen-bond donors (Lipinski definition) is 5. The molecule has 0 amide bonds. The Kier molecular flexibility index (Phi) is 6.72. The topological polar surface area (TPSA) is 186 Å². The van der Waals surface area contributed by atoms with E-state index in [2.05, 4.69) is 0 Å². The smallest absolute Gasteiger partial charge is 0.202 e. The van der Waals surface area contributed by atoms with Crippen LogP contribution in [0.3, 0.4) is 0 Å². The van der Waals surface area contributed by atoms with Crippen LogP contribution in [0.4, 0.5) is 4.39 Å². The Morgan fingerprint density at radius 3 is 2.51 bits per heavy atom. The highest BCUT2D eigenvalue weighted by Crippen LogP contribution is 2.52. The number of hydrogen-bond acceptors (Lipinski definition) is 11. The first-order valence-corrected chi connectivity index (χ1v) is 12.3. The average molecular weight is 546 g/mol. The van der Waals surface area contributed by atoms with E-state index in [0.29, 0.717) is 0 Å². The number of aliphatic hydroxyl groups excluding tert-OH is 1. The molecule has 12 heteroatoms. The van der Waals surface area contributed by atoms with Crippen molar-refractivity contribution in [1.82, 2.24) is 0 Å². The fourth-order valence-electron chi connectivity index (χ4n) is 5.67. The fourth-order valence-corrected chi connectivity index (χ4v) is 5.67. The maximum absolute atomic E-state index is 13.6. The molecular formula is C27H28FNO10. The number of rotatable bonds is 5. The summed E-state index contributed by atoms with van der Waals surface area (Å²) in [5, 5.41) is 44.0. The van der Waals surface area contributed by atoms with Crippen LogP contribution in [-0.4, -0.2) is 81.7 Å². The number of Topliss-reactive ketones (excluding diaryl/α,β-unsaturated/α-hetero) is 1. The number of fused-ring (bicyclic) bond motifs is 3. The molecule has 1 aliphatic heterocycles. The number of carbonyl (C=O) groups is 3. The number of aromatic hydroxyl groups is 2. The maximum Gasteiger partial charge on any atom is 0.202 e. The van der Waals surface area contributed by atoms with Gasteiger partial charge in [0.15, 0.2) is 17.9 Å². The average Bonchev–Trinajstić information content (AvgIpc) is 2.90. The van der Waals surface area contributed by atoms with Gasteiger partial charge in [0, 0.05) is 42.0 Å². The van der Waals surface area contributed by atoms with Crippen LogP contribution in [-0.2, 0) is 20.7 Å². The second-order valence-corrected chi connectivity index (χ2v) is 10.1. The Morgan fingerprint density at radius 1 is 1.18 bits per heavy atom. The molecule has 2 aromatic carbocycles. The second kappa shape index (κ2) is 9.65. The quantitative estimate of drug-likeness (QED) is 0.288. The monoisotopic (exact) mass is 545 g/mol. The molecule has 0 saturated carbocycles. The molecule has 2 aliphatic carbocycles. The second-order valence-electron chi connectivity index (χ2n) is 10.1. The Labute approximate surface area is 221 Å². The largest absolute Gasteiger partial charge is 0.507 e. The van der Waals surface area contributed by atoms with Crippen LogP contribution in [0.15, 0.2) is 18.2 Å². The fraction of sp³-hybridized carbons (Fsp3) is 0.444. The first-order valence-electron chi connectivity index (χ1n) is 12.3. The number of phenolic OH excluding ortho intramolecular Hbond substituents is 2. The molecule has 1 heterocycles.